The lowest BCUT2D eigenvalue weighted by molar-refractivity contribution is 0.0566. The van der Waals surface area contributed by atoms with Gasteiger partial charge in [-0.15, -0.1) is 0 Å². The molecule has 0 saturated carbocycles. The van der Waals surface area contributed by atoms with Gasteiger partial charge in [-0.25, -0.2) is 14.1 Å². The van der Waals surface area contributed by atoms with E-state index in [2.05, 4.69) is 21.5 Å². The van der Waals surface area contributed by atoms with Gasteiger partial charge in [0.1, 0.15) is 18.5 Å². The van der Waals surface area contributed by atoms with Crippen molar-refractivity contribution in [1.29, 1.82) is 0 Å². The van der Waals surface area contributed by atoms with E-state index in [9.17, 15) is 9.50 Å². The van der Waals surface area contributed by atoms with Crippen LogP contribution in [0.15, 0.2) is 55.1 Å². The van der Waals surface area contributed by atoms with E-state index in [1.165, 1.54) is 18.5 Å². The van der Waals surface area contributed by atoms with Crippen molar-refractivity contribution >= 4 is 0 Å². The lowest BCUT2D eigenvalue weighted by atomic mass is 9.96. The summed E-state index contributed by atoms with van der Waals surface area (Å²) in [7, 11) is 0. The Kier molecular flexibility index (Phi) is 4.92. The molecule has 3 aromatic rings. The largest absolute Gasteiger partial charge is 0.384 e. The van der Waals surface area contributed by atoms with Gasteiger partial charge in [-0.05, 0) is 48.7 Å². The molecule has 25 heavy (non-hydrogen) atoms. The maximum Gasteiger partial charge on any atom is 0.138 e. The number of nitrogens with zero attached hydrogens (tertiary/aromatic N) is 3. The van der Waals surface area contributed by atoms with Crippen molar-refractivity contribution < 1.29 is 9.50 Å². The monoisotopic (exact) mass is 340 g/mol. The van der Waals surface area contributed by atoms with Gasteiger partial charge >= 0.3 is 0 Å². The van der Waals surface area contributed by atoms with Gasteiger partial charge in [0.2, 0.25) is 0 Å². The fourth-order valence-corrected chi connectivity index (χ4v) is 2.78. The first-order chi connectivity index (χ1) is 12.0. The SMILES string of the molecule is Cc1cc(CNCC(C)(O)c2ccc(F)cc2)ccc1-n1cncn1. The average Bonchev–Trinajstić information content (AvgIpc) is 3.09. The molecule has 5 nitrogen and oxygen atoms in total. The minimum absolute atomic E-state index is 0.310. The number of hydrogen-bond donors (Lipinski definition) is 2. The molecule has 130 valence electrons. The molecule has 0 amide bonds. The van der Waals surface area contributed by atoms with Crippen molar-refractivity contribution in [2.45, 2.75) is 26.0 Å². The van der Waals surface area contributed by atoms with E-state index >= 15 is 0 Å². The number of benzene rings is 2. The second-order valence-corrected chi connectivity index (χ2v) is 6.35. The summed E-state index contributed by atoms with van der Waals surface area (Å²) in [6.07, 6.45) is 3.17. The summed E-state index contributed by atoms with van der Waals surface area (Å²) in [6, 6.07) is 12.0. The minimum atomic E-state index is -1.07. The molecule has 0 aliphatic rings. The van der Waals surface area contributed by atoms with Crippen LogP contribution in [-0.2, 0) is 12.1 Å². The highest BCUT2D eigenvalue weighted by atomic mass is 19.1. The predicted octanol–water partition coefficient (Wildman–Crippen LogP) is 2.71. The molecule has 2 aromatic carbocycles. The van der Waals surface area contributed by atoms with Gasteiger partial charge in [0.15, 0.2) is 0 Å². The van der Waals surface area contributed by atoms with Crippen LogP contribution in [0.5, 0.6) is 0 Å². The van der Waals surface area contributed by atoms with Crippen LogP contribution in [0.1, 0.15) is 23.6 Å². The predicted molar refractivity (Wildman–Crippen MR) is 93.8 cm³/mol. The van der Waals surface area contributed by atoms with Gasteiger partial charge in [0.05, 0.1) is 11.3 Å². The Labute approximate surface area is 146 Å². The van der Waals surface area contributed by atoms with E-state index in [-0.39, 0.29) is 5.82 Å². The van der Waals surface area contributed by atoms with E-state index < -0.39 is 5.60 Å². The summed E-state index contributed by atoms with van der Waals surface area (Å²) in [5, 5.41) is 18.0. The molecule has 0 aliphatic carbocycles. The first-order valence-corrected chi connectivity index (χ1v) is 8.09. The fraction of sp³-hybridized carbons (Fsp3) is 0.263. The van der Waals surface area contributed by atoms with Crippen LogP contribution in [0.25, 0.3) is 5.69 Å². The number of hydrogen-bond acceptors (Lipinski definition) is 4. The quantitative estimate of drug-likeness (QED) is 0.724. The molecule has 1 atom stereocenters. The summed E-state index contributed by atoms with van der Waals surface area (Å²) in [6.45, 7) is 4.72. The van der Waals surface area contributed by atoms with Crippen molar-refractivity contribution in [2.24, 2.45) is 0 Å². The molecule has 6 heteroatoms. The van der Waals surface area contributed by atoms with Gasteiger partial charge in [0.25, 0.3) is 0 Å². The number of aromatic nitrogens is 3. The van der Waals surface area contributed by atoms with Crippen molar-refractivity contribution in [3.8, 4) is 5.69 Å². The molecule has 0 radical (unpaired) electrons. The molecule has 2 N–H and O–H groups in total. The van der Waals surface area contributed by atoms with E-state index in [1.54, 1.807) is 30.1 Å². The molecule has 3 rings (SSSR count). The van der Waals surface area contributed by atoms with Crippen molar-refractivity contribution in [1.82, 2.24) is 20.1 Å². The van der Waals surface area contributed by atoms with Gasteiger partial charge in [-0.1, -0.05) is 24.3 Å². The zero-order valence-electron chi connectivity index (χ0n) is 14.3. The average molecular weight is 340 g/mol. The number of rotatable bonds is 6. The lowest BCUT2D eigenvalue weighted by Gasteiger charge is -2.24. The summed E-state index contributed by atoms with van der Waals surface area (Å²) in [4.78, 5) is 3.96. The smallest absolute Gasteiger partial charge is 0.138 e. The normalized spacial score (nSPS) is 13.6. The number of nitrogens with one attached hydrogen (secondary N) is 1. The van der Waals surface area contributed by atoms with E-state index in [0.29, 0.717) is 18.7 Å². The Morgan fingerprint density at radius 3 is 2.60 bits per heavy atom. The van der Waals surface area contributed by atoms with Gasteiger partial charge in [-0.3, -0.25) is 0 Å². The Hall–Kier alpha value is -2.57. The van der Waals surface area contributed by atoms with Crippen LogP contribution in [0.4, 0.5) is 4.39 Å². The van der Waals surface area contributed by atoms with Crippen LogP contribution in [-0.4, -0.2) is 26.4 Å². The van der Waals surface area contributed by atoms with Crippen molar-refractivity contribution in [2.75, 3.05) is 6.54 Å². The van der Waals surface area contributed by atoms with Crippen LogP contribution in [0.2, 0.25) is 0 Å². The summed E-state index contributed by atoms with van der Waals surface area (Å²) in [5.41, 5.74) is 2.80. The van der Waals surface area contributed by atoms with Crippen LogP contribution in [0.3, 0.4) is 0 Å². The minimum Gasteiger partial charge on any atom is -0.384 e. The molecular formula is C19H21FN4O. The maximum absolute atomic E-state index is 13.0. The third-order valence-electron chi connectivity index (χ3n) is 4.19. The molecule has 0 spiro atoms. The highest BCUT2D eigenvalue weighted by Gasteiger charge is 2.22. The third kappa shape index (κ3) is 4.10. The highest BCUT2D eigenvalue weighted by molar-refractivity contribution is 5.41. The first-order valence-electron chi connectivity index (χ1n) is 8.09. The molecular weight excluding hydrogens is 319 g/mol. The fourth-order valence-electron chi connectivity index (χ4n) is 2.78. The molecule has 0 aliphatic heterocycles. The molecule has 0 saturated heterocycles. The molecule has 1 heterocycles. The van der Waals surface area contributed by atoms with E-state index in [4.69, 9.17) is 0 Å². The second-order valence-electron chi connectivity index (χ2n) is 6.35. The van der Waals surface area contributed by atoms with Crippen molar-refractivity contribution in [3.63, 3.8) is 0 Å². The molecule has 0 bridgehead atoms. The lowest BCUT2D eigenvalue weighted by Crippen LogP contribution is -2.35. The number of halogens is 1. The van der Waals surface area contributed by atoms with Crippen LogP contribution < -0.4 is 5.32 Å². The summed E-state index contributed by atoms with van der Waals surface area (Å²) >= 11 is 0. The van der Waals surface area contributed by atoms with Gasteiger partial charge < -0.3 is 10.4 Å². The second kappa shape index (κ2) is 7.13. The van der Waals surface area contributed by atoms with Gasteiger partial charge in [0, 0.05) is 13.1 Å². The van der Waals surface area contributed by atoms with E-state index in [1.807, 2.05) is 19.1 Å². The van der Waals surface area contributed by atoms with Crippen LogP contribution >= 0.6 is 0 Å². The summed E-state index contributed by atoms with van der Waals surface area (Å²) in [5.74, 6) is -0.310. The molecule has 1 unspecified atom stereocenters. The van der Waals surface area contributed by atoms with E-state index in [0.717, 1.165) is 16.8 Å². The summed E-state index contributed by atoms with van der Waals surface area (Å²) < 4.78 is 14.7. The Bertz CT molecular complexity index is 829. The first kappa shape index (κ1) is 17.3. The van der Waals surface area contributed by atoms with Gasteiger partial charge in [-0.2, -0.15) is 5.10 Å². The number of aryl methyl sites for hydroxylation is 1. The Balaban J connectivity index is 1.62. The zero-order valence-corrected chi connectivity index (χ0v) is 14.3. The Morgan fingerprint density at radius 1 is 1.20 bits per heavy atom. The maximum atomic E-state index is 13.0. The van der Waals surface area contributed by atoms with Crippen LogP contribution in [0, 0.1) is 12.7 Å². The highest BCUT2D eigenvalue weighted by Crippen LogP contribution is 2.20. The number of aliphatic hydroxyl groups is 1. The zero-order chi connectivity index (χ0) is 17.9. The third-order valence-corrected chi connectivity index (χ3v) is 4.19. The molecule has 1 aromatic heterocycles. The Morgan fingerprint density at radius 2 is 1.96 bits per heavy atom. The molecule has 0 fully saturated rings. The standard InChI is InChI=1S/C19H21FN4O/c1-14-9-15(3-8-18(14)24-13-22-12-23-24)10-21-11-19(2,25)16-4-6-17(20)7-5-16/h3-9,12-13,21,25H,10-11H2,1-2H3. The topological polar surface area (TPSA) is 63.0 Å². The van der Waals surface area contributed by atoms with Crippen molar-refractivity contribution in [3.05, 3.63) is 77.6 Å².